The molecule has 0 radical (unpaired) electrons. The van der Waals surface area contributed by atoms with Gasteiger partial charge in [-0.25, -0.2) is 4.39 Å². The van der Waals surface area contributed by atoms with Crippen LogP contribution >= 0.6 is 11.8 Å². The van der Waals surface area contributed by atoms with Crippen molar-refractivity contribution in [1.29, 1.82) is 0 Å². The highest BCUT2D eigenvalue weighted by atomic mass is 32.2. The fourth-order valence-corrected chi connectivity index (χ4v) is 7.29. The third-order valence-electron chi connectivity index (χ3n) is 8.12. The van der Waals surface area contributed by atoms with Crippen LogP contribution in [-0.4, -0.2) is 63.8 Å². The molecule has 2 N–H and O–H groups in total. The molecule has 1 aliphatic carbocycles. The number of fused-ring (bicyclic) bond motifs is 1. The zero-order chi connectivity index (χ0) is 25.5. The number of nitrogens with zero attached hydrogens (tertiary/aromatic N) is 2. The number of pyridine rings is 1. The number of piperidine rings is 1. The number of alkyl halides is 1. The van der Waals surface area contributed by atoms with Crippen molar-refractivity contribution in [3.05, 3.63) is 35.5 Å². The molecular weight excluding hydrogens is 479 g/mol. The molecule has 2 aromatic rings. The molecule has 1 saturated carbocycles. The molecule has 6 nitrogen and oxygen atoms in total. The monoisotopic (exact) mass is 518 g/mol. The molecule has 36 heavy (non-hydrogen) atoms. The summed E-state index contributed by atoms with van der Waals surface area (Å²) >= 11 is 2.09. The lowest BCUT2D eigenvalue weighted by molar-refractivity contribution is -0.141. The van der Waals surface area contributed by atoms with E-state index in [1.54, 1.807) is 25.3 Å². The van der Waals surface area contributed by atoms with Gasteiger partial charge in [0.1, 0.15) is 11.9 Å². The third-order valence-corrected chi connectivity index (χ3v) is 9.48. The second-order valence-electron chi connectivity index (χ2n) is 10.4. The minimum atomic E-state index is -1.32. The molecule has 0 spiro atoms. The first-order chi connectivity index (χ1) is 17.4. The topological polar surface area (TPSA) is 82.9 Å². The molecule has 2 fully saturated rings. The first-order valence-electron chi connectivity index (χ1n) is 13.2. The number of aliphatic hydroxyl groups excluding tert-OH is 1. The number of aliphatic hydroxyl groups is 1. The van der Waals surface area contributed by atoms with Crippen LogP contribution in [0.3, 0.4) is 0 Å². The number of carboxylic acids is 1. The number of hydrogen-bond donors (Lipinski definition) is 2. The number of rotatable bonds is 12. The number of hydrogen-bond acceptors (Lipinski definition) is 6. The Balaban J connectivity index is 1.41. The van der Waals surface area contributed by atoms with Gasteiger partial charge < -0.3 is 19.8 Å². The van der Waals surface area contributed by atoms with Gasteiger partial charge in [0, 0.05) is 40.3 Å². The Morgan fingerprint density at radius 1 is 1.31 bits per heavy atom. The molecule has 0 bridgehead atoms. The predicted molar refractivity (Wildman–Crippen MR) is 142 cm³/mol. The fraction of sp³-hybridized carbons (Fsp3) is 0.643. The highest BCUT2D eigenvalue weighted by Crippen LogP contribution is 2.43. The van der Waals surface area contributed by atoms with Gasteiger partial charge in [0.2, 0.25) is 0 Å². The number of aromatic nitrogens is 1. The Morgan fingerprint density at radius 3 is 2.72 bits per heavy atom. The average Bonchev–Trinajstić information content (AvgIpc) is 3.40. The van der Waals surface area contributed by atoms with Crippen LogP contribution in [0.5, 0.6) is 5.75 Å². The number of carbonyl (C=O) groups is 1. The van der Waals surface area contributed by atoms with Crippen LogP contribution in [0.1, 0.15) is 75.1 Å². The van der Waals surface area contributed by atoms with Gasteiger partial charge >= 0.3 is 5.97 Å². The van der Waals surface area contributed by atoms with E-state index in [4.69, 9.17) is 4.74 Å². The van der Waals surface area contributed by atoms with Crippen molar-refractivity contribution >= 4 is 28.6 Å². The molecule has 2 heterocycles. The molecule has 0 amide bonds. The zero-order valence-corrected chi connectivity index (χ0v) is 22.1. The fourth-order valence-electron chi connectivity index (χ4n) is 5.92. The Morgan fingerprint density at radius 2 is 2.06 bits per heavy atom. The van der Waals surface area contributed by atoms with Gasteiger partial charge in [-0.2, -0.15) is 11.8 Å². The summed E-state index contributed by atoms with van der Waals surface area (Å²) in [5, 5.41) is 21.0. The largest absolute Gasteiger partial charge is 0.497 e. The lowest BCUT2D eigenvalue weighted by Crippen LogP contribution is -2.42. The minimum Gasteiger partial charge on any atom is -0.497 e. The van der Waals surface area contributed by atoms with E-state index >= 15 is 4.39 Å². The van der Waals surface area contributed by atoms with Gasteiger partial charge in [0.25, 0.3) is 0 Å². The lowest BCUT2D eigenvalue weighted by atomic mass is 9.71. The number of aliphatic carboxylic acids is 1. The van der Waals surface area contributed by atoms with Crippen LogP contribution in [0, 0.1) is 5.41 Å². The second kappa shape index (κ2) is 12.6. The summed E-state index contributed by atoms with van der Waals surface area (Å²) in [5.41, 5.74) is 1.15. The number of ether oxygens (including phenoxy) is 1. The number of carboxylic acid groups (broad SMARTS) is 1. The molecule has 8 heteroatoms. The SMILES string of the molecule is COc1ccc2ncc(CO)c([C@H](F)CCC3(CC(=O)O)CCN(CCSC4CCCC4)CC3)c2c1. The third kappa shape index (κ3) is 6.69. The predicted octanol–water partition coefficient (Wildman–Crippen LogP) is 5.76. The van der Waals surface area contributed by atoms with E-state index in [0.29, 0.717) is 34.2 Å². The molecule has 1 aliphatic heterocycles. The molecule has 1 aromatic carbocycles. The van der Waals surface area contributed by atoms with Crippen LogP contribution in [0.25, 0.3) is 10.9 Å². The average molecular weight is 519 g/mol. The van der Waals surface area contributed by atoms with E-state index in [9.17, 15) is 15.0 Å². The van der Waals surface area contributed by atoms with Gasteiger partial charge in [-0.05, 0) is 75.2 Å². The summed E-state index contributed by atoms with van der Waals surface area (Å²) in [6.07, 6.45) is 7.95. The molecule has 4 rings (SSSR count). The van der Waals surface area contributed by atoms with Crippen LogP contribution in [0.15, 0.2) is 24.4 Å². The summed E-state index contributed by atoms with van der Waals surface area (Å²) in [5.74, 6) is 0.922. The molecule has 198 valence electrons. The van der Waals surface area contributed by atoms with Crippen molar-refractivity contribution < 1.29 is 24.1 Å². The van der Waals surface area contributed by atoms with Gasteiger partial charge in [0.15, 0.2) is 0 Å². The Labute approximate surface area is 217 Å². The summed E-state index contributed by atoms with van der Waals surface area (Å²) in [4.78, 5) is 18.6. The molecule has 2 aliphatic rings. The highest BCUT2D eigenvalue weighted by Gasteiger charge is 2.37. The van der Waals surface area contributed by atoms with E-state index < -0.39 is 17.6 Å². The van der Waals surface area contributed by atoms with Crippen molar-refractivity contribution in [2.45, 2.75) is 75.8 Å². The van der Waals surface area contributed by atoms with Gasteiger partial charge in [-0.3, -0.25) is 9.78 Å². The van der Waals surface area contributed by atoms with Crippen LogP contribution in [0.2, 0.25) is 0 Å². The van der Waals surface area contributed by atoms with Crippen LogP contribution < -0.4 is 4.74 Å². The normalized spacial score (nSPS) is 19.5. The molecular formula is C28H39FN2O4S. The Kier molecular flexibility index (Phi) is 9.47. The van der Waals surface area contributed by atoms with Crippen molar-refractivity contribution in [2.24, 2.45) is 5.41 Å². The van der Waals surface area contributed by atoms with Crippen LogP contribution in [0.4, 0.5) is 4.39 Å². The maximum Gasteiger partial charge on any atom is 0.303 e. The van der Waals surface area contributed by atoms with Crippen LogP contribution in [-0.2, 0) is 11.4 Å². The van der Waals surface area contributed by atoms with Gasteiger partial charge in [-0.15, -0.1) is 0 Å². The summed E-state index contributed by atoms with van der Waals surface area (Å²) in [6.45, 7) is 2.48. The van der Waals surface area contributed by atoms with E-state index in [1.807, 2.05) is 0 Å². The van der Waals surface area contributed by atoms with E-state index in [1.165, 1.54) is 31.9 Å². The maximum absolute atomic E-state index is 15.9. The molecule has 1 saturated heterocycles. The highest BCUT2D eigenvalue weighted by molar-refractivity contribution is 7.99. The summed E-state index contributed by atoms with van der Waals surface area (Å²) < 4.78 is 21.2. The van der Waals surface area contributed by atoms with E-state index in [-0.39, 0.29) is 19.4 Å². The number of halogens is 1. The van der Waals surface area contributed by atoms with Crippen molar-refractivity contribution in [1.82, 2.24) is 9.88 Å². The van der Waals surface area contributed by atoms with Crippen molar-refractivity contribution in [3.8, 4) is 5.75 Å². The second-order valence-corrected chi connectivity index (χ2v) is 11.8. The maximum atomic E-state index is 15.9. The quantitative estimate of drug-likeness (QED) is 0.370. The van der Waals surface area contributed by atoms with E-state index in [0.717, 1.165) is 43.5 Å². The zero-order valence-electron chi connectivity index (χ0n) is 21.3. The van der Waals surface area contributed by atoms with Crippen molar-refractivity contribution in [2.75, 3.05) is 32.5 Å². The molecule has 1 atom stereocenters. The van der Waals surface area contributed by atoms with Gasteiger partial charge in [-0.1, -0.05) is 12.8 Å². The molecule has 0 unspecified atom stereocenters. The number of thioether (sulfide) groups is 1. The smallest absolute Gasteiger partial charge is 0.303 e. The first kappa shape index (κ1) is 27.1. The van der Waals surface area contributed by atoms with Crippen molar-refractivity contribution in [3.63, 3.8) is 0 Å². The number of likely N-dealkylation sites (tertiary alicyclic amines) is 1. The molecule has 1 aromatic heterocycles. The Bertz CT molecular complexity index is 1020. The number of benzene rings is 1. The summed E-state index contributed by atoms with van der Waals surface area (Å²) in [7, 11) is 1.56. The summed E-state index contributed by atoms with van der Waals surface area (Å²) in [6, 6.07) is 5.34. The standard InChI is InChI=1S/C28H39FN2O4S/c1-35-21-6-7-25-23(16-21)27(20(19-32)18-30-25)24(29)8-9-28(17-26(33)34)10-12-31(13-11-28)14-15-36-22-4-2-3-5-22/h6-7,16,18,22,24,32H,2-5,8-15,17,19H2,1H3,(H,33,34)/t24-/m1/s1. The number of methoxy groups -OCH3 is 1. The minimum absolute atomic E-state index is 0.0716. The lowest BCUT2D eigenvalue weighted by Gasteiger charge is -2.41. The first-order valence-corrected chi connectivity index (χ1v) is 14.2. The van der Waals surface area contributed by atoms with E-state index in [2.05, 4.69) is 21.6 Å². The van der Waals surface area contributed by atoms with Gasteiger partial charge in [0.05, 0.1) is 25.7 Å². The Hall–Kier alpha value is -1.90.